The van der Waals surface area contributed by atoms with Gasteiger partial charge in [0.2, 0.25) is 17.1 Å². The zero-order chi connectivity index (χ0) is 27.6. The van der Waals surface area contributed by atoms with Gasteiger partial charge >= 0.3 is 0 Å². The van der Waals surface area contributed by atoms with Crippen LogP contribution in [0.3, 0.4) is 0 Å². The van der Waals surface area contributed by atoms with Crippen LogP contribution in [0.1, 0.15) is 44.1 Å². The molecule has 2 aliphatic heterocycles. The Morgan fingerprint density at radius 2 is 1.49 bits per heavy atom. The van der Waals surface area contributed by atoms with Gasteiger partial charge in [0, 0.05) is 38.0 Å². The van der Waals surface area contributed by atoms with Crippen LogP contribution >= 0.6 is 23.1 Å². The van der Waals surface area contributed by atoms with Crippen molar-refractivity contribution in [3.63, 3.8) is 0 Å². The number of aromatic nitrogens is 4. The first kappa shape index (κ1) is 26.2. The normalized spacial score (nSPS) is 16.3. The van der Waals surface area contributed by atoms with Crippen molar-refractivity contribution >= 4 is 67.9 Å². The molecule has 2 saturated heterocycles. The highest BCUT2D eigenvalue weighted by atomic mass is 32.2. The van der Waals surface area contributed by atoms with E-state index in [0.29, 0.717) is 10.7 Å². The number of piperidine rings is 2. The van der Waals surface area contributed by atoms with Gasteiger partial charge < -0.3 is 14.9 Å². The summed E-state index contributed by atoms with van der Waals surface area (Å²) >= 11 is 3.13. The quantitative estimate of drug-likeness (QED) is 0.210. The maximum absolute atomic E-state index is 10.5. The average molecular weight is 582 g/mol. The van der Waals surface area contributed by atoms with Gasteiger partial charge in [0.15, 0.2) is 4.34 Å². The van der Waals surface area contributed by atoms with Gasteiger partial charge in [-0.1, -0.05) is 30.3 Å². The van der Waals surface area contributed by atoms with Crippen molar-refractivity contribution < 1.29 is 5.11 Å². The van der Waals surface area contributed by atoms with Crippen LogP contribution < -0.4 is 9.80 Å². The molecule has 5 aromatic rings. The van der Waals surface area contributed by atoms with E-state index in [1.54, 1.807) is 23.6 Å². The van der Waals surface area contributed by atoms with E-state index in [4.69, 9.17) is 24.9 Å². The summed E-state index contributed by atoms with van der Waals surface area (Å²) in [6.07, 6.45) is 8.98. The summed E-state index contributed by atoms with van der Waals surface area (Å²) < 4.78 is 1.94. The number of rotatable bonds is 6. The zero-order valence-electron chi connectivity index (χ0n) is 22.7. The number of anilines is 2. The minimum absolute atomic E-state index is 0.218. The highest BCUT2D eigenvalue weighted by Crippen LogP contribution is 2.36. The molecule has 4 heterocycles. The highest BCUT2D eigenvalue weighted by molar-refractivity contribution is 8.01. The van der Waals surface area contributed by atoms with Crippen LogP contribution in [0.25, 0.3) is 21.0 Å². The number of benzene rings is 3. The molecule has 0 atom stereocenters. The Hall–Kier alpha value is -3.76. The molecule has 0 saturated carbocycles. The number of phenols is 1. The molecular weight excluding hydrogens is 551 g/mol. The topological polar surface area (TPSA) is 90.6 Å². The molecule has 0 amide bonds. The lowest BCUT2D eigenvalue weighted by atomic mass is 10.0. The Balaban J connectivity index is 1.16. The largest absolute Gasteiger partial charge is 0.507 e. The van der Waals surface area contributed by atoms with E-state index in [1.165, 1.54) is 50.3 Å². The predicted octanol–water partition coefficient (Wildman–Crippen LogP) is 7.22. The minimum Gasteiger partial charge on any atom is -0.507 e. The smallest absolute Gasteiger partial charge is 0.231 e. The molecule has 0 spiro atoms. The van der Waals surface area contributed by atoms with E-state index < -0.39 is 0 Å². The molecule has 208 valence electrons. The van der Waals surface area contributed by atoms with E-state index in [0.717, 1.165) is 69.1 Å². The third kappa shape index (κ3) is 5.71. The van der Waals surface area contributed by atoms with Gasteiger partial charge in [-0.2, -0.15) is 15.0 Å². The fraction of sp³-hybridized carbons (Fsp3) is 0.323. The summed E-state index contributed by atoms with van der Waals surface area (Å²) in [4.78, 5) is 28.9. The standard InChI is InChI=1S/C31H31N7OS2/c39-26-14-11-21-9-3-4-10-23(21)24(26)20-32-22-12-13-25-27(19-22)40-31(33-25)41-30-35-28(37-15-5-1-6-16-37)34-29(36-30)38-17-7-2-8-18-38/h3-4,9-14,19-20,39H,1-2,5-8,15-18H2. The van der Waals surface area contributed by atoms with Crippen molar-refractivity contribution in [2.75, 3.05) is 36.0 Å². The molecule has 0 unspecified atom stereocenters. The first-order valence-corrected chi connectivity index (χ1v) is 15.9. The molecule has 0 bridgehead atoms. The van der Waals surface area contributed by atoms with Gasteiger partial charge in [-0.05, 0) is 85.3 Å². The number of aliphatic imine (C=N–C) groups is 1. The van der Waals surface area contributed by atoms with Crippen molar-refractivity contribution in [3.05, 3.63) is 60.2 Å². The van der Waals surface area contributed by atoms with E-state index in [2.05, 4.69) is 9.80 Å². The molecule has 10 heteroatoms. The number of thiazole rings is 1. The highest BCUT2D eigenvalue weighted by Gasteiger charge is 2.21. The SMILES string of the molecule is Oc1ccc2ccccc2c1C=Nc1ccc2nc(Sc3nc(N4CCCCC4)nc(N4CCCCC4)n3)sc2c1. The van der Waals surface area contributed by atoms with Gasteiger partial charge in [0.1, 0.15) is 5.75 Å². The summed E-state index contributed by atoms with van der Waals surface area (Å²) in [5, 5.41) is 13.2. The number of hydrogen-bond acceptors (Lipinski definition) is 10. The maximum atomic E-state index is 10.5. The molecule has 2 aliphatic rings. The monoisotopic (exact) mass is 581 g/mol. The first-order chi connectivity index (χ1) is 20.2. The van der Waals surface area contributed by atoms with E-state index >= 15 is 0 Å². The maximum Gasteiger partial charge on any atom is 0.231 e. The number of hydrogen-bond donors (Lipinski definition) is 1. The number of nitrogens with zero attached hydrogens (tertiary/aromatic N) is 7. The van der Waals surface area contributed by atoms with Gasteiger partial charge in [-0.3, -0.25) is 4.99 Å². The first-order valence-electron chi connectivity index (χ1n) is 14.3. The molecule has 7 rings (SSSR count). The summed E-state index contributed by atoms with van der Waals surface area (Å²) in [5.74, 6) is 1.80. The van der Waals surface area contributed by atoms with Crippen LogP contribution in [0.5, 0.6) is 5.75 Å². The van der Waals surface area contributed by atoms with Crippen LogP contribution in [0.15, 0.2) is 69.1 Å². The summed E-state index contributed by atoms with van der Waals surface area (Å²) in [6, 6.07) is 17.6. The van der Waals surface area contributed by atoms with Gasteiger partial charge in [0.05, 0.1) is 15.9 Å². The van der Waals surface area contributed by atoms with Crippen LogP contribution in [0, 0.1) is 0 Å². The summed E-state index contributed by atoms with van der Waals surface area (Å²) in [5.41, 5.74) is 2.45. The molecule has 0 aliphatic carbocycles. The lowest BCUT2D eigenvalue weighted by molar-refractivity contribution is 0.475. The number of fused-ring (bicyclic) bond motifs is 2. The van der Waals surface area contributed by atoms with E-state index in [9.17, 15) is 5.11 Å². The lowest BCUT2D eigenvalue weighted by Gasteiger charge is -2.30. The molecule has 8 nitrogen and oxygen atoms in total. The third-order valence-electron chi connectivity index (χ3n) is 7.69. The minimum atomic E-state index is 0.218. The Bertz CT molecular complexity index is 1690. The molecule has 3 aromatic carbocycles. The zero-order valence-corrected chi connectivity index (χ0v) is 24.4. The van der Waals surface area contributed by atoms with Crippen molar-refractivity contribution in [1.82, 2.24) is 19.9 Å². The van der Waals surface area contributed by atoms with Crippen molar-refractivity contribution in [2.45, 2.75) is 48.0 Å². The van der Waals surface area contributed by atoms with Crippen molar-refractivity contribution in [2.24, 2.45) is 4.99 Å². The summed E-state index contributed by atoms with van der Waals surface area (Å²) in [7, 11) is 0. The lowest BCUT2D eigenvalue weighted by Crippen LogP contribution is -2.34. The summed E-state index contributed by atoms with van der Waals surface area (Å²) in [6.45, 7) is 3.98. The molecule has 41 heavy (non-hydrogen) atoms. The van der Waals surface area contributed by atoms with E-state index in [1.807, 2.05) is 48.5 Å². The Morgan fingerprint density at radius 1 is 0.780 bits per heavy atom. The molecule has 2 fully saturated rings. The Morgan fingerprint density at radius 3 is 2.22 bits per heavy atom. The third-order valence-corrected chi connectivity index (χ3v) is 9.63. The number of phenolic OH excluding ortho intramolecular Hbond substituents is 1. The van der Waals surface area contributed by atoms with Crippen LogP contribution in [-0.4, -0.2) is 57.4 Å². The fourth-order valence-electron chi connectivity index (χ4n) is 5.50. The number of aromatic hydroxyl groups is 1. The molecular formula is C31H31N7OS2. The van der Waals surface area contributed by atoms with Crippen molar-refractivity contribution in [3.8, 4) is 5.75 Å². The van der Waals surface area contributed by atoms with Crippen molar-refractivity contribution in [1.29, 1.82) is 0 Å². The second kappa shape index (κ2) is 11.6. The predicted molar refractivity (Wildman–Crippen MR) is 169 cm³/mol. The second-order valence-electron chi connectivity index (χ2n) is 10.5. The molecule has 2 aromatic heterocycles. The molecule has 0 radical (unpaired) electrons. The molecule has 1 N–H and O–H groups in total. The fourth-order valence-corrected chi connectivity index (χ4v) is 7.45. The second-order valence-corrected chi connectivity index (χ2v) is 12.8. The van der Waals surface area contributed by atoms with Crippen LogP contribution in [0.2, 0.25) is 0 Å². The van der Waals surface area contributed by atoms with E-state index in [-0.39, 0.29) is 5.75 Å². The Kier molecular flexibility index (Phi) is 7.41. The van der Waals surface area contributed by atoms with Gasteiger partial charge in [-0.15, -0.1) is 11.3 Å². The van der Waals surface area contributed by atoms with Gasteiger partial charge in [0.25, 0.3) is 0 Å². The average Bonchev–Trinajstić information content (AvgIpc) is 3.43. The van der Waals surface area contributed by atoms with Gasteiger partial charge in [-0.25, -0.2) is 4.98 Å². The van der Waals surface area contributed by atoms with Crippen LogP contribution in [0.4, 0.5) is 17.6 Å². The van der Waals surface area contributed by atoms with Crippen LogP contribution in [-0.2, 0) is 0 Å². The Labute approximate surface area is 247 Å².